The molecule has 1 aromatic rings. The molecule has 0 amide bonds. The maximum atomic E-state index is 5.54. The van der Waals surface area contributed by atoms with Gasteiger partial charge in [-0.2, -0.15) is 5.10 Å². The zero-order valence-corrected chi connectivity index (χ0v) is 12.2. The zero-order valence-electron chi connectivity index (χ0n) is 12.2. The van der Waals surface area contributed by atoms with Crippen molar-refractivity contribution < 1.29 is 9.47 Å². The van der Waals surface area contributed by atoms with Gasteiger partial charge in [-0.15, -0.1) is 0 Å². The van der Waals surface area contributed by atoms with Gasteiger partial charge in [-0.05, 0) is 19.0 Å². The Labute approximate surface area is 115 Å². The van der Waals surface area contributed by atoms with Gasteiger partial charge in [0.15, 0.2) is 6.29 Å². The molecule has 1 atom stereocenters. The molecular weight excluding hydrogens is 242 g/mol. The lowest BCUT2D eigenvalue weighted by Crippen LogP contribution is -2.35. The molecule has 0 spiro atoms. The minimum Gasteiger partial charge on any atom is -0.350 e. The summed E-state index contributed by atoms with van der Waals surface area (Å²) in [5.41, 5.74) is 2.42. The fourth-order valence-electron chi connectivity index (χ4n) is 2.49. The van der Waals surface area contributed by atoms with Crippen molar-refractivity contribution in [1.82, 2.24) is 15.1 Å². The second kappa shape index (κ2) is 7.03. The quantitative estimate of drug-likeness (QED) is 0.808. The van der Waals surface area contributed by atoms with Gasteiger partial charge in [-0.25, -0.2) is 0 Å². The van der Waals surface area contributed by atoms with Crippen LogP contribution < -0.4 is 5.32 Å². The summed E-state index contributed by atoms with van der Waals surface area (Å²) in [5.74, 6) is 0. The van der Waals surface area contributed by atoms with E-state index in [0.717, 1.165) is 44.7 Å². The average molecular weight is 267 g/mol. The first kappa shape index (κ1) is 14.5. The van der Waals surface area contributed by atoms with Gasteiger partial charge in [0.2, 0.25) is 0 Å². The Hall–Kier alpha value is -0.910. The molecule has 2 heterocycles. The van der Waals surface area contributed by atoms with Gasteiger partial charge in [0.25, 0.3) is 0 Å². The van der Waals surface area contributed by atoms with Crippen molar-refractivity contribution in [3.63, 3.8) is 0 Å². The molecule has 0 radical (unpaired) electrons. The van der Waals surface area contributed by atoms with E-state index in [4.69, 9.17) is 9.47 Å². The number of hydrogen-bond acceptors (Lipinski definition) is 4. The molecule has 1 fully saturated rings. The summed E-state index contributed by atoms with van der Waals surface area (Å²) in [4.78, 5) is 0. The lowest BCUT2D eigenvalue weighted by atomic mass is 10.1. The Morgan fingerprint density at radius 1 is 1.42 bits per heavy atom. The first-order valence-corrected chi connectivity index (χ1v) is 7.21. The van der Waals surface area contributed by atoms with Crippen molar-refractivity contribution in [2.75, 3.05) is 19.8 Å². The molecular formula is C14H25N3O2. The molecule has 5 nitrogen and oxygen atoms in total. The first-order chi connectivity index (χ1) is 9.22. The summed E-state index contributed by atoms with van der Waals surface area (Å²) in [6, 6.07) is 2.56. The molecule has 1 unspecified atom stereocenters. The van der Waals surface area contributed by atoms with Crippen LogP contribution in [0.1, 0.15) is 31.7 Å². The van der Waals surface area contributed by atoms with Gasteiger partial charge in [0.1, 0.15) is 0 Å². The van der Waals surface area contributed by atoms with Crippen LogP contribution >= 0.6 is 0 Å². The first-order valence-electron chi connectivity index (χ1n) is 7.21. The third kappa shape index (κ3) is 4.03. The number of aromatic nitrogens is 2. The van der Waals surface area contributed by atoms with Crippen molar-refractivity contribution in [2.45, 2.75) is 45.4 Å². The number of aryl methyl sites for hydroxylation is 2. The second-order valence-electron chi connectivity index (χ2n) is 4.97. The number of nitrogens with one attached hydrogen (secondary N) is 1. The number of nitrogens with zero attached hydrogens (tertiary/aromatic N) is 2. The Balaban J connectivity index is 1.96. The molecule has 1 aliphatic rings. The van der Waals surface area contributed by atoms with E-state index in [-0.39, 0.29) is 6.29 Å². The number of hydrogen-bond donors (Lipinski definition) is 1. The molecule has 1 aromatic heterocycles. The molecule has 1 saturated heterocycles. The number of rotatable bonds is 7. The predicted molar refractivity (Wildman–Crippen MR) is 74.1 cm³/mol. The Morgan fingerprint density at radius 2 is 2.16 bits per heavy atom. The number of ether oxygens (including phenoxy) is 2. The Morgan fingerprint density at radius 3 is 2.74 bits per heavy atom. The molecule has 19 heavy (non-hydrogen) atoms. The van der Waals surface area contributed by atoms with Gasteiger partial charge >= 0.3 is 0 Å². The van der Waals surface area contributed by atoms with Crippen LogP contribution in [-0.4, -0.2) is 41.9 Å². The summed E-state index contributed by atoms with van der Waals surface area (Å²) < 4.78 is 13.1. The maximum Gasteiger partial charge on any atom is 0.159 e. The highest BCUT2D eigenvalue weighted by molar-refractivity contribution is 5.11. The van der Waals surface area contributed by atoms with E-state index in [2.05, 4.69) is 30.3 Å². The Kier molecular flexibility index (Phi) is 5.36. The average Bonchev–Trinajstić information content (AvgIpc) is 3.00. The lowest BCUT2D eigenvalue weighted by Gasteiger charge is -2.20. The fourth-order valence-corrected chi connectivity index (χ4v) is 2.49. The van der Waals surface area contributed by atoms with Crippen molar-refractivity contribution >= 4 is 0 Å². The van der Waals surface area contributed by atoms with E-state index in [9.17, 15) is 0 Å². The Bertz CT molecular complexity index is 386. The molecule has 0 aromatic carbocycles. The molecule has 0 bridgehead atoms. The summed E-state index contributed by atoms with van der Waals surface area (Å²) in [7, 11) is 2.01. The monoisotopic (exact) mass is 267 g/mol. The summed E-state index contributed by atoms with van der Waals surface area (Å²) >= 11 is 0. The fraction of sp³-hybridized carbons (Fsp3) is 0.786. The van der Waals surface area contributed by atoms with E-state index in [1.54, 1.807) is 0 Å². The topological polar surface area (TPSA) is 48.3 Å². The number of likely N-dealkylation sites (N-methyl/N-ethyl adjacent to an activating group) is 1. The third-order valence-electron chi connectivity index (χ3n) is 3.51. The SMILES string of the molecule is CCNC(Cc1cc(CC)nn1C)CC1OCCO1. The summed E-state index contributed by atoms with van der Waals surface area (Å²) in [6.07, 6.45) is 2.78. The zero-order chi connectivity index (χ0) is 13.7. The molecule has 0 aliphatic carbocycles. The van der Waals surface area contributed by atoms with Crippen LogP contribution in [0.25, 0.3) is 0 Å². The van der Waals surface area contributed by atoms with Crippen molar-refractivity contribution in [3.8, 4) is 0 Å². The van der Waals surface area contributed by atoms with Gasteiger partial charge in [0.05, 0.1) is 18.9 Å². The summed E-state index contributed by atoms with van der Waals surface area (Å²) in [5, 5.41) is 8.01. The van der Waals surface area contributed by atoms with Crippen LogP contribution in [0.15, 0.2) is 6.07 Å². The van der Waals surface area contributed by atoms with Gasteiger partial charge < -0.3 is 14.8 Å². The van der Waals surface area contributed by atoms with Crippen LogP contribution in [0, 0.1) is 0 Å². The highest BCUT2D eigenvalue weighted by Gasteiger charge is 2.22. The van der Waals surface area contributed by atoms with Crippen LogP contribution in [0.4, 0.5) is 0 Å². The minimum absolute atomic E-state index is 0.0528. The van der Waals surface area contributed by atoms with Crippen LogP contribution in [0.3, 0.4) is 0 Å². The molecule has 108 valence electrons. The van der Waals surface area contributed by atoms with E-state index in [1.807, 2.05) is 11.7 Å². The van der Waals surface area contributed by atoms with Gasteiger partial charge in [-0.3, -0.25) is 4.68 Å². The molecule has 5 heteroatoms. The van der Waals surface area contributed by atoms with Crippen molar-refractivity contribution in [3.05, 3.63) is 17.5 Å². The highest BCUT2D eigenvalue weighted by atomic mass is 16.7. The molecule has 2 rings (SSSR count). The van der Waals surface area contributed by atoms with E-state index < -0.39 is 0 Å². The highest BCUT2D eigenvalue weighted by Crippen LogP contribution is 2.15. The van der Waals surface area contributed by atoms with Gasteiger partial charge in [0, 0.05) is 31.6 Å². The van der Waals surface area contributed by atoms with E-state index in [0.29, 0.717) is 6.04 Å². The lowest BCUT2D eigenvalue weighted by molar-refractivity contribution is -0.0526. The molecule has 1 aliphatic heterocycles. The summed E-state index contributed by atoms with van der Waals surface area (Å²) in [6.45, 7) is 6.65. The standard InChI is InChI=1S/C14H25N3O2/c1-4-11-8-13(17(3)16-11)9-12(15-5-2)10-14-18-6-7-19-14/h8,12,14-15H,4-7,9-10H2,1-3H3. The third-order valence-corrected chi connectivity index (χ3v) is 3.51. The van der Waals surface area contributed by atoms with E-state index >= 15 is 0 Å². The smallest absolute Gasteiger partial charge is 0.159 e. The second-order valence-corrected chi connectivity index (χ2v) is 4.97. The van der Waals surface area contributed by atoms with Gasteiger partial charge in [-0.1, -0.05) is 13.8 Å². The molecule has 1 N–H and O–H groups in total. The maximum absolute atomic E-state index is 5.54. The van der Waals surface area contributed by atoms with Crippen molar-refractivity contribution in [2.24, 2.45) is 7.05 Å². The largest absolute Gasteiger partial charge is 0.350 e. The van der Waals surface area contributed by atoms with E-state index in [1.165, 1.54) is 5.69 Å². The van der Waals surface area contributed by atoms with Crippen molar-refractivity contribution in [1.29, 1.82) is 0 Å². The van der Waals surface area contributed by atoms with Crippen LogP contribution in [0.5, 0.6) is 0 Å². The molecule has 0 saturated carbocycles. The predicted octanol–water partition coefficient (Wildman–Crippen LogP) is 1.27. The van der Waals surface area contributed by atoms with Crippen LogP contribution in [0.2, 0.25) is 0 Å². The minimum atomic E-state index is -0.0528. The normalized spacial score (nSPS) is 18.1. The van der Waals surface area contributed by atoms with Crippen LogP contribution in [-0.2, 0) is 29.4 Å².